The Morgan fingerprint density at radius 3 is 2.47 bits per heavy atom. The molecule has 19 heavy (non-hydrogen) atoms. The van der Waals surface area contributed by atoms with Crippen LogP contribution in [0.25, 0.3) is 0 Å². The Balaban J connectivity index is 2.24. The van der Waals surface area contributed by atoms with Crippen LogP contribution in [0.3, 0.4) is 0 Å². The van der Waals surface area contributed by atoms with Gasteiger partial charge in [-0.05, 0) is 52.0 Å². The largest absolute Gasteiger partial charge is 0.409 e. The molecule has 4 nitrogen and oxygen atoms in total. The molecule has 0 heterocycles. The van der Waals surface area contributed by atoms with Gasteiger partial charge in [0.25, 0.3) is 0 Å². The summed E-state index contributed by atoms with van der Waals surface area (Å²) in [5.74, 6) is 1.29. The van der Waals surface area contributed by atoms with Crippen LogP contribution in [0.1, 0.15) is 59.8 Å². The van der Waals surface area contributed by atoms with Crippen molar-refractivity contribution in [1.82, 2.24) is 4.90 Å². The van der Waals surface area contributed by atoms with Crippen LogP contribution in [0.15, 0.2) is 5.16 Å². The van der Waals surface area contributed by atoms with E-state index < -0.39 is 0 Å². The van der Waals surface area contributed by atoms with Crippen molar-refractivity contribution in [1.29, 1.82) is 0 Å². The minimum Gasteiger partial charge on any atom is -0.409 e. The number of nitrogens with two attached hydrogens (primary N) is 1. The van der Waals surface area contributed by atoms with Gasteiger partial charge in [-0.25, -0.2) is 0 Å². The van der Waals surface area contributed by atoms with Crippen LogP contribution in [-0.4, -0.2) is 35.1 Å². The molecule has 0 aliphatic heterocycles. The fraction of sp³-hybridized carbons (Fsp3) is 0.933. The van der Waals surface area contributed by atoms with Crippen LogP contribution in [0.2, 0.25) is 0 Å². The zero-order valence-electron chi connectivity index (χ0n) is 13.0. The number of unbranched alkanes of at least 4 members (excludes halogenated alkanes) is 1. The Kier molecular flexibility index (Phi) is 6.11. The molecule has 0 aromatic rings. The third-order valence-electron chi connectivity index (χ3n) is 4.22. The van der Waals surface area contributed by atoms with Gasteiger partial charge in [0.2, 0.25) is 0 Å². The van der Waals surface area contributed by atoms with Crippen LogP contribution < -0.4 is 5.73 Å². The summed E-state index contributed by atoms with van der Waals surface area (Å²) in [5.41, 5.74) is 5.50. The van der Waals surface area contributed by atoms with E-state index in [1.807, 2.05) is 13.8 Å². The van der Waals surface area contributed by atoms with Crippen LogP contribution in [0.4, 0.5) is 0 Å². The first-order valence-electron chi connectivity index (χ1n) is 7.59. The molecule has 3 N–H and O–H groups in total. The fourth-order valence-electron chi connectivity index (χ4n) is 2.34. The summed E-state index contributed by atoms with van der Waals surface area (Å²) in [7, 11) is 0. The molecule has 0 saturated heterocycles. The highest BCUT2D eigenvalue weighted by atomic mass is 16.4. The highest BCUT2D eigenvalue weighted by Gasteiger charge is 2.26. The van der Waals surface area contributed by atoms with Crippen molar-refractivity contribution >= 4 is 5.84 Å². The molecule has 0 bridgehead atoms. The van der Waals surface area contributed by atoms with E-state index in [9.17, 15) is 0 Å². The maximum atomic E-state index is 8.75. The van der Waals surface area contributed by atoms with E-state index in [1.165, 1.54) is 32.4 Å². The SMILES string of the molecule is CC(C)N(CCCCC(C)(C)C(N)=NO)CC1CC1. The molecule has 0 spiro atoms. The van der Waals surface area contributed by atoms with Crippen molar-refractivity contribution in [2.75, 3.05) is 13.1 Å². The fourth-order valence-corrected chi connectivity index (χ4v) is 2.34. The number of hydrogen-bond donors (Lipinski definition) is 2. The van der Waals surface area contributed by atoms with Crippen molar-refractivity contribution in [2.24, 2.45) is 22.2 Å². The molecule has 0 aromatic carbocycles. The lowest BCUT2D eigenvalue weighted by Crippen LogP contribution is -2.34. The van der Waals surface area contributed by atoms with Crippen LogP contribution in [0.5, 0.6) is 0 Å². The second-order valence-electron chi connectivity index (χ2n) is 6.86. The predicted octanol–water partition coefficient (Wildman–Crippen LogP) is 3.05. The summed E-state index contributed by atoms with van der Waals surface area (Å²) in [5, 5.41) is 11.9. The first-order valence-corrected chi connectivity index (χ1v) is 7.59. The van der Waals surface area contributed by atoms with Gasteiger partial charge in [-0.15, -0.1) is 0 Å². The van der Waals surface area contributed by atoms with Crippen LogP contribution in [-0.2, 0) is 0 Å². The molecule has 112 valence electrons. The van der Waals surface area contributed by atoms with Gasteiger partial charge in [-0.2, -0.15) is 0 Å². The van der Waals surface area contributed by atoms with Crippen molar-refractivity contribution in [3.05, 3.63) is 0 Å². The van der Waals surface area contributed by atoms with E-state index in [-0.39, 0.29) is 5.41 Å². The van der Waals surface area contributed by atoms with E-state index in [1.54, 1.807) is 0 Å². The molecular weight excluding hydrogens is 238 g/mol. The number of rotatable bonds is 9. The van der Waals surface area contributed by atoms with Gasteiger partial charge in [0, 0.05) is 18.0 Å². The van der Waals surface area contributed by atoms with Gasteiger partial charge in [-0.1, -0.05) is 25.4 Å². The maximum Gasteiger partial charge on any atom is 0.144 e. The van der Waals surface area contributed by atoms with Gasteiger partial charge in [-0.3, -0.25) is 0 Å². The van der Waals surface area contributed by atoms with Crippen molar-refractivity contribution in [2.45, 2.75) is 65.8 Å². The molecule has 1 fully saturated rings. The molecule has 0 aromatic heterocycles. The summed E-state index contributed by atoms with van der Waals surface area (Å²) >= 11 is 0. The summed E-state index contributed by atoms with van der Waals surface area (Å²) in [4.78, 5) is 2.59. The Morgan fingerprint density at radius 2 is 2.00 bits per heavy atom. The van der Waals surface area contributed by atoms with E-state index in [0.717, 1.165) is 18.8 Å². The number of oxime groups is 1. The second-order valence-corrected chi connectivity index (χ2v) is 6.86. The van der Waals surface area contributed by atoms with Crippen molar-refractivity contribution < 1.29 is 5.21 Å². The molecule has 0 amide bonds. The highest BCUT2D eigenvalue weighted by molar-refractivity contribution is 5.85. The van der Waals surface area contributed by atoms with Gasteiger partial charge in [0.15, 0.2) is 0 Å². The van der Waals surface area contributed by atoms with E-state index >= 15 is 0 Å². The average molecular weight is 269 g/mol. The zero-order valence-corrected chi connectivity index (χ0v) is 13.0. The molecule has 1 saturated carbocycles. The summed E-state index contributed by atoms with van der Waals surface area (Å²) < 4.78 is 0. The van der Waals surface area contributed by atoms with Crippen LogP contribution in [0, 0.1) is 11.3 Å². The molecule has 1 aliphatic carbocycles. The number of hydrogen-bond acceptors (Lipinski definition) is 3. The standard InChI is InChI=1S/C15H31N3O/c1-12(2)18(11-13-7-8-13)10-6-5-9-15(3,4)14(16)17-19/h12-13,19H,5-11H2,1-4H3,(H2,16,17). The lowest BCUT2D eigenvalue weighted by molar-refractivity contribution is 0.205. The lowest BCUT2D eigenvalue weighted by atomic mass is 9.86. The average Bonchev–Trinajstić information content (AvgIpc) is 3.15. The van der Waals surface area contributed by atoms with E-state index in [4.69, 9.17) is 10.9 Å². The lowest BCUT2D eigenvalue weighted by Gasteiger charge is -2.27. The first-order chi connectivity index (χ1) is 8.86. The summed E-state index contributed by atoms with van der Waals surface area (Å²) in [6.45, 7) is 11.1. The highest BCUT2D eigenvalue weighted by Crippen LogP contribution is 2.30. The third-order valence-corrected chi connectivity index (χ3v) is 4.22. The van der Waals surface area contributed by atoms with Gasteiger partial charge < -0.3 is 15.8 Å². The minimum absolute atomic E-state index is 0.200. The smallest absolute Gasteiger partial charge is 0.144 e. The quantitative estimate of drug-likeness (QED) is 0.222. The van der Waals surface area contributed by atoms with Gasteiger partial charge in [0.05, 0.1) is 0 Å². The minimum atomic E-state index is -0.200. The Bertz CT molecular complexity index is 296. The van der Waals surface area contributed by atoms with E-state index in [2.05, 4.69) is 23.9 Å². The van der Waals surface area contributed by atoms with Crippen LogP contribution >= 0.6 is 0 Å². The number of amidine groups is 1. The van der Waals surface area contributed by atoms with Crippen molar-refractivity contribution in [3.63, 3.8) is 0 Å². The Morgan fingerprint density at radius 1 is 1.37 bits per heavy atom. The predicted molar refractivity (Wildman–Crippen MR) is 80.5 cm³/mol. The summed E-state index contributed by atoms with van der Waals surface area (Å²) in [6.07, 6.45) is 6.11. The number of nitrogens with zero attached hydrogens (tertiary/aromatic N) is 2. The normalized spacial score (nSPS) is 17.5. The molecular formula is C15H31N3O. The Labute approximate surface area is 118 Å². The molecule has 0 atom stereocenters. The Hall–Kier alpha value is -0.770. The van der Waals surface area contributed by atoms with Crippen molar-refractivity contribution in [3.8, 4) is 0 Å². The van der Waals surface area contributed by atoms with Gasteiger partial charge in [0.1, 0.15) is 5.84 Å². The third kappa shape index (κ3) is 5.81. The van der Waals surface area contributed by atoms with E-state index in [0.29, 0.717) is 11.9 Å². The topological polar surface area (TPSA) is 61.8 Å². The molecule has 0 radical (unpaired) electrons. The molecule has 4 heteroatoms. The second kappa shape index (κ2) is 7.13. The molecule has 1 aliphatic rings. The zero-order chi connectivity index (χ0) is 14.5. The molecule has 1 rings (SSSR count). The van der Waals surface area contributed by atoms with Gasteiger partial charge >= 0.3 is 0 Å². The summed E-state index contributed by atoms with van der Waals surface area (Å²) in [6, 6.07) is 0.637. The molecule has 0 unspecified atom stereocenters. The monoisotopic (exact) mass is 269 g/mol. The first kappa shape index (κ1) is 16.3. The maximum absolute atomic E-state index is 8.75.